The summed E-state index contributed by atoms with van der Waals surface area (Å²) >= 11 is 0. The second kappa shape index (κ2) is 5.48. The number of hydrogen-bond donors (Lipinski definition) is 1. The van der Waals surface area contributed by atoms with Gasteiger partial charge in [0, 0.05) is 13.0 Å². The lowest BCUT2D eigenvalue weighted by atomic mass is 9.87. The number of nitrogens with one attached hydrogen (secondary N) is 1. The quantitative estimate of drug-likeness (QED) is 0.820. The van der Waals surface area contributed by atoms with E-state index in [0.717, 1.165) is 12.0 Å². The Morgan fingerprint density at radius 1 is 1.27 bits per heavy atom. The van der Waals surface area contributed by atoms with Gasteiger partial charge in [-0.2, -0.15) is 0 Å². The highest BCUT2D eigenvalue weighted by Crippen LogP contribution is 2.49. The molecule has 1 aromatic carbocycles. The normalized spacial score (nSPS) is 27.9. The molecule has 1 aromatic rings. The molecule has 3 atom stereocenters. The zero-order chi connectivity index (χ0) is 16.0. The molecule has 0 aromatic heterocycles. The zero-order valence-electron chi connectivity index (χ0n) is 13.2. The van der Waals surface area contributed by atoms with Crippen LogP contribution in [0.2, 0.25) is 0 Å². The Labute approximate surface area is 132 Å². The van der Waals surface area contributed by atoms with Gasteiger partial charge in [-0.1, -0.05) is 37.3 Å². The summed E-state index contributed by atoms with van der Waals surface area (Å²) in [6.07, 6.45) is 5.60. The van der Waals surface area contributed by atoms with Crippen LogP contribution in [-0.4, -0.2) is 26.3 Å². The molecule has 0 spiro atoms. The van der Waals surface area contributed by atoms with Gasteiger partial charge in [-0.05, 0) is 37.0 Å². The predicted molar refractivity (Wildman–Crippen MR) is 87.2 cm³/mol. The SMILES string of the molecule is CC(CNS(=O)(=O)C(C)C)c1ccc(C23C=CC(C2)O3)cc1. The molecule has 4 rings (SSSR count). The van der Waals surface area contributed by atoms with Crippen molar-refractivity contribution in [3.05, 3.63) is 47.5 Å². The molecule has 22 heavy (non-hydrogen) atoms. The van der Waals surface area contributed by atoms with Crippen LogP contribution < -0.4 is 4.72 Å². The molecule has 5 heteroatoms. The Bertz CT molecular complexity index is 670. The molecule has 2 heterocycles. The molecule has 2 aliphatic heterocycles. The Hall–Kier alpha value is -1.17. The maximum atomic E-state index is 11.8. The lowest BCUT2D eigenvalue weighted by Gasteiger charge is -2.39. The molecule has 1 fully saturated rings. The van der Waals surface area contributed by atoms with Crippen LogP contribution in [0, 0.1) is 0 Å². The van der Waals surface area contributed by atoms with E-state index in [1.807, 2.05) is 6.92 Å². The molecule has 1 N–H and O–H groups in total. The molecule has 0 saturated carbocycles. The van der Waals surface area contributed by atoms with Gasteiger partial charge in [0.2, 0.25) is 10.0 Å². The first kappa shape index (κ1) is 15.7. The van der Waals surface area contributed by atoms with Gasteiger partial charge in [0.1, 0.15) is 5.60 Å². The molecule has 1 aliphatic carbocycles. The van der Waals surface area contributed by atoms with Crippen LogP contribution in [0.15, 0.2) is 36.4 Å². The fourth-order valence-corrected chi connectivity index (χ4v) is 3.75. The third kappa shape index (κ3) is 2.73. The minimum Gasteiger partial charge on any atom is -0.359 e. The first-order valence-corrected chi connectivity index (χ1v) is 9.33. The summed E-state index contributed by atoms with van der Waals surface area (Å²) in [5, 5.41) is -0.404. The second-order valence-electron chi connectivity index (χ2n) is 6.57. The summed E-state index contributed by atoms with van der Waals surface area (Å²) in [5.74, 6) is 0.134. The van der Waals surface area contributed by atoms with Crippen LogP contribution >= 0.6 is 0 Å². The first-order valence-electron chi connectivity index (χ1n) is 7.78. The Morgan fingerprint density at radius 2 is 1.91 bits per heavy atom. The Kier molecular flexibility index (Phi) is 3.91. The van der Waals surface area contributed by atoms with E-state index in [1.165, 1.54) is 5.56 Å². The van der Waals surface area contributed by atoms with Gasteiger partial charge in [0.05, 0.1) is 11.4 Å². The lowest BCUT2D eigenvalue weighted by molar-refractivity contribution is -0.140. The summed E-state index contributed by atoms with van der Waals surface area (Å²) in [5.41, 5.74) is 2.10. The van der Waals surface area contributed by atoms with E-state index in [4.69, 9.17) is 4.74 Å². The molecule has 3 aliphatic rings. The average Bonchev–Trinajstić information content (AvgIpc) is 3.06. The zero-order valence-corrected chi connectivity index (χ0v) is 14.1. The van der Waals surface area contributed by atoms with E-state index in [2.05, 4.69) is 41.1 Å². The van der Waals surface area contributed by atoms with Gasteiger partial charge in [-0.15, -0.1) is 0 Å². The largest absolute Gasteiger partial charge is 0.359 e. The van der Waals surface area contributed by atoms with E-state index < -0.39 is 15.3 Å². The minimum absolute atomic E-state index is 0.134. The van der Waals surface area contributed by atoms with Crippen molar-refractivity contribution in [2.24, 2.45) is 0 Å². The van der Waals surface area contributed by atoms with Crippen molar-refractivity contribution >= 4 is 10.0 Å². The van der Waals surface area contributed by atoms with Gasteiger partial charge >= 0.3 is 0 Å². The smallest absolute Gasteiger partial charge is 0.213 e. The molecule has 120 valence electrons. The highest BCUT2D eigenvalue weighted by molar-refractivity contribution is 7.90. The maximum Gasteiger partial charge on any atom is 0.213 e. The molecule has 2 bridgehead atoms. The standard InChI is InChI=1S/C17H23NO3S/c1-12(2)22(19,20)18-11-13(3)14-4-6-15(7-5-14)17-9-8-16(10-17)21-17/h4-9,12-13,16,18H,10-11H2,1-3H3. The summed E-state index contributed by atoms with van der Waals surface area (Å²) in [4.78, 5) is 0. The predicted octanol–water partition coefficient (Wildman–Crippen LogP) is 2.67. The fourth-order valence-electron chi connectivity index (χ4n) is 2.94. The summed E-state index contributed by atoms with van der Waals surface area (Å²) in [6.45, 7) is 5.81. The van der Waals surface area contributed by atoms with Crippen LogP contribution in [-0.2, 0) is 20.4 Å². The monoisotopic (exact) mass is 321 g/mol. The molecule has 4 nitrogen and oxygen atoms in total. The van der Waals surface area contributed by atoms with Crippen molar-refractivity contribution in [3.8, 4) is 0 Å². The van der Waals surface area contributed by atoms with Gasteiger partial charge in [-0.25, -0.2) is 13.1 Å². The summed E-state index contributed by atoms with van der Waals surface area (Å²) < 4.78 is 32.1. The second-order valence-corrected chi connectivity index (χ2v) is 8.90. The molecule has 0 radical (unpaired) electrons. The first-order chi connectivity index (χ1) is 10.3. The van der Waals surface area contributed by atoms with Crippen molar-refractivity contribution in [2.75, 3.05) is 6.54 Å². The van der Waals surface area contributed by atoms with E-state index in [-0.39, 0.29) is 11.5 Å². The van der Waals surface area contributed by atoms with Gasteiger partial charge in [0.15, 0.2) is 0 Å². The number of rotatable bonds is 6. The third-order valence-corrected chi connectivity index (χ3v) is 6.44. The van der Waals surface area contributed by atoms with Crippen molar-refractivity contribution in [1.29, 1.82) is 0 Å². The van der Waals surface area contributed by atoms with Crippen LogP contribution in [0.5, 0.6) is 0 Å². The topological polar surface area (TPSA) is 55.4 Å². The minimum atomic E-state index is -3.21. The summed E-state index contributed by atoms with van der Waals surface area (Å²) in [6, 6.07) is 8.33. The van der Waals surface area contributed by atoms with Gasteiger partial charge < -0.3 is 4.74 Å². The Morgan fingerprint density at radius 3 is 2.41 bits per heavy atom. The summed E-state index contributed by atoms with van der Waals surface area (Å²) in [7, 11) is -3.21. The van der Waals surface area contributed by atoms with Crippen molar-refractivity contribution < 1.29 is 13.2 Å². The molecular weight excluding hydrogens is 298 g/mol. The van der Waals surface area contributed by atoms with Crippen LogP contribution in [0.25, 0.3) is 0 Å². The number of ether oxygens (including phenoxy) is 1. The van der Waals surface area contributed by atoms with Crippen LogP contribution in [0.3, 0.4) is 0 Å². The number of hydrogen-bond acceptors (Lipinski definition) is 3. The van der Waals surface area contributed by atoms with E-state index in [9.17, 15) is 8.42 Å². The lowest BCUT2D eigenvalue weighted by Crippen LogP contribution is -2.39. The van der Waals surface area contributed by atoms with E-state index >= 15 is 0 Å². The average molecular weight is 321 g/mol. The molecule has 1 saturated heterocycles. The highest BCUT2D eigenvalue weighted by Gasteiger charge is 2.48. The van der Waals surface area contributed by atoms with Crippen molar-refractivity contribution in [1.82, 2.24) is 4.72 Å². The number of benzene rings is 1. The highest BCUT2D eigenvalue weighted by atomic mass is 32.2. The Balaban J connectivity index is 1.64. The van der Waals surface area contributed by atoms with Crippen molar-refractivity contribution in [3.63, 3.8) is 0 Å². The van der Waals surface area contributed by atoms with Gasteiger partial charge in [-0.3, -0.25) is 0 Å². The van der Waals surface area contributed by atoms with Crippen LogP contribution in [0.1, 0.15) is 44.2 Å². The maximum absolute atomic E-state index is 11.8. The van der Waals surface area contributed by atoms with E-state index in [1.54, 1.807) is 13.8 Å². The fraction of sp³-hybridized carbons (Fsp3) is 0.529. The van der Waals surface area contributed by atoms with Crippen molar-refractivity contribution in [2.45, 2.75) is 50.1 Å². The molecule has 0 amide bonds. The van der Waals surface area contributed by atoms with Gasteiger partial charge in [0.25, 0.3) is 0 Å². The van der Waals surface area contributed by atoms with Crippen LogP contribution in [0.4, 0.5) is 0 Å². The van der Waals surface area contributed by atoms with E-state index in [0.29, 0.717) is 12.6 Å². The molecular formula is C17H23NO3S. The third-order valence-electron chi connectivity index (χ3n) is 4.63. The number of sulfonamides is 1. The molecule has 3 unspecified atom stereocenters.